The molecular formula is C21H23N4O3+. The monoisotopic (exact) mass is 379 g/mol. The van der Waals surface area contributed by atoms with Crippen molar-refractivity contribution in [1.29, 1.82) is 0 Å². The average Bonchev–Trinajstić information content (AvgIpc) is 3.24. The van der Waals surface area contributed by atoms with Gasteiger partial charge in [-0.1, -0.05) is 17.3 Å². The zero-order valence-electron chi connectivity index (χ0n) is 16.0. The molecule has 0 radical (unpaired) electrons. The summed E-state index contributed by atoms with van der Waals surface area (Å²) in [7, 11) is 3.77. The molecule has 0 saturated carbocycles. The van der Waals surface area contributed by atoms with Gasteiger partial charge >= 0.3 is 0 Å². The second-order valence-electron chi connectivity index (χ2n) is 6.95. The molecule has 0 unspecified atom stereocenters. The fourth-order valence-corrected chi connectivity index (χ4v) is 3.31. The summed E-state index contributed by atoms with van der Waals surface area (Å²) in [6.45, 7) is 3.41. The first kappa shape index (κ1) is 18.2. The van der Waals surface area contributed by atoms with Crippen LogP contribution in [0.1, 0.15) is 10.4 Å². The Balaban J connectivity index is 1.61. The first-order valence-electron chi connectivity index (χ1n) is 9.34. The Labute approximate surface area is 163 Å². The number of nitrogens with zero attached hydrogens (tertiary/aromatic N) is 3. The van der Waals surface area contributed by atoms with Gasteiger partial charge in [-0.3, -0.25) is 4.79 Å². The van der Waals surface area contributed by atoms with Crippen LogP contribution in [-0.2, 0) is 0 Å². The normalized spacial score (nSPS) is 14.9. The number of methoxy groups -OCH3 is 1. The number of carbonyl (C=O) groups is 1. The van der Waals surface area contributed by atoms with E-state index in [0.717, 1.165) is 37.5 Å². The van der Waals surface area contributed by atoms with Crippen molar-refractivity contribution in [3.8, 4) is 28.6 Å². The number of piperazine rings is 1. The Bertz CT molecular complexity index is 960. The van der Waals surface area contributed by atoms with E-state index in [4.69, 9.17) is 9.26 Å². The Morgan fingerprint density at radius 2 is 1.82 bits per heavy atom. The molecule has 0 aliphatic carbocycles. The predicted octanol–water partition coefficient (Wildman–Crippen LogP) is 1.38. The molecule has 7 nitrogen and oxygen atoms in total. The minimum Gasteiger partial charge on any atom is -0.497 e. The zero-order chi connectivity index (χ0) is 19.5. The lowest BCUT2D eigenvalue weighted by Crippen LogP contribution is -3.12. The number of likely N-dealkylation sites (N-methyl/N-ethyl adjacent to an activating group) is 1. The summed E-state index contributed by atoms with van der Waals surface area (Å²) in [6, 6.07) is 14.8. The number of quaternary nitrogens is 1. The van der Waals surface area contributed by atoms with E-state index in [1.807, 2.05) is 53.4 Å². The molecule has 1 N–H and O–H groups in total. The molecule has 28 heavy (non-hydrogen) atoms. The third kappa shape index (κ3) is 3.61. The van der Waals surface area contributed by atoms with Gasteiger partial charge in [0.2, 0.25) is 5.82 Å². The molecule has 4 rings (SSSR count). The topological polar surface area (TPSA) is 72.9 Å². The summed E-state index contributed by atoms with van der Waals surface area (Å²) in [4.78, 5) is 20.9. The van der Waals surface area contributed by atoms with E-state index >= 15 is 0 Å². The minimum atomic E-state index is 0.00676. The third-order valence-electron chi connectivity index (χ3n) is 5.07. The fourth-order valence-electron chi connectivity index (χ4n) is 3.31. The van der Waals surface area contributed by atoms with Crippen LogP contribution in [0.4, 0.5) is 0 Å². The number of ether oxygens (including phenoxy) is 1. The van der Waals surface area contributed by atoms with E-state index in [2.05, 4.69) is 17.2 Å². The van der Waals surface area contributed by atoms with Crippen molar-refractivity contribution in [3.05, 3.63) is 54.1 Å². The quantitative estimate of drug-likeness (QED) is 0.742. The highest BCUT2D eigenvalue weighted by molar-refractivity contribution is 6.00. The van der Waals surface area contributed by atoms with Crippen LogP contribution in [0.25, 0.3) is 22.8 Å². The molecule has 1 amide bonds. The van der Waals surface area contributed by atoms with Crippen LogP contribution in [0.15, 0.2) is 53.1 Å². The second-order valence-corrected chi connectivity index (χ2v) is 6.95. The zero-order valence-corrected chi connectivity index (χ0v) is 16.0. The van der Waals surface area contributed by atoms with Gasteiger partial charge < -0.3 is 19.1 Å². The maximum absolute atomic E-state index is 13.1. The summed E-state index contributed by atoms with van der Waals surface area (Å²) in [5, 5.41) is 4.09. The van der Waals surface area contributed by atoms with E-state index < -0.39 is 0 Å². The van der Waals surface area contributed by atoms with Crippen LogP contribution < -0.4 is 9.64 Å². The Morgan fingerprint density at radius 3 is 2.54 bits per heavy atom. The lowest BCUT2D eigenvalue weighted by atomic mass is 10.1. The smallest absolute Gasteiger partial charge is 0.259 e. The summed E-state index contributed by atoms with van der Waals surface area (Å²) in [5.41, 5.74) is 2.07. The van der Waals surface area contributed by atoms with E-state index in [0.29, 0.717) is 22.8 Å². The SMILES string of the molecule is COc1ccc(-c2noc(-c3ccccc3C(=O)N3CC[NH+](C)CC3)n2)cc1. The van der Waals surface area contributed by atoms with Crippen molar-refractivity contribution >= 4 is 5.91 Å². The summed E-state index contributed by atoms with van der Waals surface area (Å²) in [5.74, 6) is 1.59. The molecule has 0 spiro atoms. The highest BCUT2D eigenvalue weighted by Gasteiger charge is 2.26. The maximum Gasteiger partial charge on any atom is 0.259 e. The molecule has 1 aliphatic heterocycles. The van der Waals surface area contributed by atoms with Crippen LogP contribution in [0.2, 0.25) is 0 Å². The number of benzene rings is 2. The number of amides is 1. The molecule has 1 aromatic heterocycles. The van der Waals surface area contributed by atoms with Gasteiger partial charge in [-0.05, 0) is 36.4 Å². The van der Waals surface area contributed by atoms with Crippen LogP contribution in [0.5, 0.6) is 5.75 Å². The number of carbonyl (C=O) groups excluding carboxylic acids is 1. The van der Waals surface area contributed by atoms with E-state index in [-0.39, 0.29) is 5.91 Å². The van der Waals surface area contributed by atoms with E-state index in [1.54, 1.807) is 7.11 Å². The Kier molecular flexibility index (Phi) is 5.08. The number of hydrogen-bond acceptors (Lipinski definition) is 5. The molecule has 7 heteroatoms. The van der Waals surface area contributed by atoms with Gasteiger partial charge in [0, 0.05) is 5.56 Å². The summed E-state index contributed by atoms with van der Waals surface area (Å²) < 4.78 is 10.7. The van der Waals surface area contributed by atoms with Gasteiger partial charge in [0.15, 0.2) is 0 Å². The first-order valence-corrected chi connectivity index (χ1v) is 9.34. The van der Waals surface area contributed by atoms with Crippen molar-refractivity contribution in [1.82, 2.24) is 15.0 Å². The molecule has 1 aliphatic rings. The van der Waals surface area contributed by atoms with Crippen molar-refractivity contribution in [2.24, 2.45) is 0 Å². The minimum absolute atomic E-state index is 0.00676. The number of nitrogens with one attached hydrogen (secondary N) is 1. The molecule has 144 valence electrons. The summed E-state index contributed by atoms with van der Waals surface area (Å²) in [6.07, 6.45) is 0. The van der Waals surface area contributed by atoms with Gasteiger partial charge in [-0.15, -0.1) is 0 Å². The lowest BCUT2D eigenvalue weighted by molar-refractivity contribution is -0.883. The molecular weight excluding hydrogens is 356 g/mol. The predicted molar refractivity (Wildman–Crippen MR) is 104 cm³/mol. The van der Waals surface area contributed by atoms with Crippen LogP contribution >= 0.6 is 0 Å². The number of aromatic nitrogens is 2. The molecule has 2 aromatic carbocycles. The molecule has 1 saturated heterocycles. The largest absolute Gasteiger partial charge is 0.497 e. The maximum atomic E-state index is 13.1. The lowest BCUT2D eigenvalue weighted by Gasteiger charge is -2.30. The molecule has 3 aromatic rings. The Morgan fingerprint density at radius 1 is 1.11 bits per heavy atom. The van der Waals surface area contributed by atoms with E-state index in [1.165, 1.54) is 4.90 Å². The van der Waals surface area contributed by atoms with Crippen molar-refractivity contribution in [2.75, 3.05) is 40.3 Å². The summed E-state index contributed by atoms with van der Waals surface area (Å²) >= 11 is 0. The second kappa shape index (κ2) is 7.82. The van der Waals surface area contributed by atoms with Gasteiger partial charge in [-0.25, -0.2) is 0 Å². The van der Waals surface area contributed by atoms with Gasteiger partial charge in [-0.2, -0.15) is 4.98 Å². The standard InChI is InChI=1S/C21H22N4O3/c1-24-11-13-25(14-12-24)21(26)18-6-4-3-5-17(18)20-22-19(23-28-20)15-7-9-16(27-2)10-8-15/h3-10H,11-14H2,1-2H3/p+1. The molecule has 2 heterocycles. The van der Waals surface area contributed by atoms with Gasteiger partial charge in [0.05, 0.1) is 51.5 Å². The van der Waals surface area contributed by atoms with Crippen LogP contribution in [0.3, 0.4) is 0 Å². The highest BCUT2D eigenvalue weighted by atomic mass is 16.5. The van der Waals surface area contributed by atoms with Gasteiger partial charge in [0.25, 0.3) is 11.8 Å². The molecule has 0 atom stereocenters. The average molecular weight is 379 g/mol. The van der Waals surface area contributed by atoms with Crippen LogP contribution in [0, 0.1) is 0 Å². The van der Waals surface area contributed by atoms with Crippen LogP contribution in [-0.4, -0.2) is 61.3 Å². The van der Waals surface area contributed by atoms with E-state index in [9.17, 15) is 4.79 Å². The highest BCUT2D eigenvalue weighted by Crippen LogP contribution is 2.27. The molecule has 0 bridgehead atoms. The molecule has 1 fully saturated rings. The third-order valence-corrected chi connectivity index (χ3v) is 5.07. The fraction of sp³-hybridized carbons (Fsp3) is 0.286. The number of hydrogen-bond donors (Lipinski definition) is 1. The van der Waals surface area contributed by atoms with Crippen molar-refractivity contribution < 1.29 is 19.0 Å². The number of rotatable bonds is 4. The first-order chi connectivity index (χ1) is 13.7. The van der Waals surface area contributed by atoms with Crippen molar-refractivity contribution in [2.45, 2.75) is 0 Å². The Hall–Kier alpha value is -3.19. The van der Waals surface area contributed by atoms with Crippen molar-refractivity contribution in [3.63, 3.8) is 0 Å². The van der Waals surface area contributed by atoms with Gasteiger partial charge in [0.1, 0.15) is 5.75 Å².